The van der Waals surface area contributed by atoms with E-state index in [2.05, 4.69) is 18.7 Å². The summed E-state index contributed by atoms with van der Waals surface area (Å²) in [5.41, 5.74) is 4.58. The Balaban J connectivity index is 2.26. The maximum Gasteiger partial charge on any atom is 0.311 e. The van der Waals surface area contributed by atoms with Gasteiger partial charge in [0.2, 0.25) is 0 Å². The van der Waals surface area contributed by atoms with Gasteiger partial charge in [0.1, 0.15) is 12.7 Å². The quantitative estimate of drug-likeness (QED) is 0.336. The van der Waals surface area contributed by atoms with Crippen LogP contribution in [0.5, 0.6) is 0 Å². The molecule has 0 unspecified atom stereocenters. The Morgan fingerprint density at radius 2 is 1.74 bits per heavy atom. The summed E-state index contributed by atoms with van der Waals surface area (Å²) in [6.07, 6.45) is 1.27. The zero-order valence-corrected chi connectivity index (χ0v) is 21.9. The molecular formula is C29H34ClNO3. The number of pyridine rings is 1. The third kappa shape index (κ3) is 6.05. The molecule has 1 aromatic heterocycles. The van der Waals surface area contributed by atoms with Crippen LogP contribution < -0.4 is 0 Å². The van der Waals surface area contributed by atoms with Gasteiger partial charge < -0.3 is 9.47 Å². The average Bonchev–Trinajstić information content (AvgIpc) is 2.74. The van der Waals surface area contributed by atoms with Gasteiger partial charge >= 0.3 is 5.97 Å². The van der Waals surface area contributed by atoms with E-state index in [1.165, 1.54) is 0 Å². The number of ether oxygens (including phenoxy) is 2. The first kappa shape index (κ1) is 25.9. The lowest BCUT2D eigenvalue weighted by atomic mass is 9.88. The largest absolute Gasteiger partial charge is 0.462 e. The molecule has 4 nitrogen and oxygen atoms in total. The van der Waals surface area contributed by atoms with Crippen LogP contribution in [0.25, 0.3) is 28.1 Å². The molecule has 0 N–H and O–H groups in total. The van der Waals surface area contributed by atoms with Crippen LogP contribution >= 0.6 is 11.6 Å². The molecule has 3 rings (SSSR count). The van der Waals surface area contributed by atoms with Crippen molar-refractivity contribution < 1.29 is 14.3 Å². The predicted octanol–water partition coefficient (Wildman–Crippen LogP) is 7.95. The normalized spacial score (nSPS) is 13.1. The number of aryl methyl sites for hydroxylation is 1. The highest BCUT2D eigenvalue weighted by atomic mass is 35.5. The number of fused-ring (bicyclic) bond motifs is 1. The van der Waals surface area contributed by atoms with E-state index < -0.39 is 17.1 Å². The summed E-state index contributed by atoms with van der Waals surface area (Å²) >= 11 is 6.20. The van der Waals surface area contributed by atoms with Crippen molar-refractivity contribution in [3.05, 3.63) is 70.9 Å². The van der Waals surface area contributed by atoms with E-state index in [4.69, 9.17) is 26.1 Å². The fourth-order valence-corrected chi connectivity index (χ4v) is 3.99. The smallest absolute Gasteiger partial charge is 0.311 e. The first-order valence-electron chi connectivity index (χ1n) is 11.5. The summed E-state index contributed by atoms with van der Waals surface area (Å²) in [5.74, 6) is -0.265. The Hall–Kier alpha value is -2.69. The molecule has 180 valence electrons. The van der Waals surface area contributed by atoms with Gasteiger partial charge in [0.25, 0.3) is 0 Å². The van der Waals surface area contributed by atoms with Crippen LogP contribution in [0.2, 0.25) is 5.02 Å². The minimum atomic E-state index is -0.602. The standard InChI is InChI=1S/C29H34ClNO3/c1-9-21-14-15-22-23(31-21)16-18(2)25(26(22)19-10-12-20(30)13-11-19)24(34-29(6,7)8)17-33-27(32)28(3,4)5/h9-16,24H,1,17H2,2-8H3/t24-/m1/s1. The van der Waals surface area contributed by atoms with Gasteiger partial charge in [-0.3, -0.25) is 4.79 Å². The van der Waals surface area contributed by atoms with Gasteiger partial charge in [-0.05, 0) is 101 Å². The molecule has 0 amide bonds. The Morgan fingerprint density at radius 3 is 2.29 bits per heavy atom. The number of carbonyl (C=O) groups excluding carboxylic acids is 1. The van der Waals surface area contributed by atoms with Gasteiger partial charge in [0.05, 0.1) is 22.2 Å². The van der Waals surface area contributed by atoms with Crippen molar-refractivity contribution >= 4 is 34.5 Å². The minimum Gasteiger partial charge on any atom is -0.462 e. The van der Waals surface area contributed by atoms with Gasteiger partial charge in [-0.25, -0.2) is 4.98 Å². The molecule has 0 fully saturated rings. The number of nitrogens with zero attached hydrogens (tertiary/aromatic N) is 1. The van der Waals surface area contributed by atoms with E-state index in [0.717, 1.165) is 38.9 Å². The minimum absolute atomic E-state index is 0.110. The summed E-state index contributed by atoms with van der Waals surface area (Å²) in [6, 6.07) is 13.8. The summed E-state index contributed by atoms with van der Waals surface area (Å²) in [7, 11) is 0. The fourth-order valence-electron chi connectivity index (χ4n) is 3.86. The van der Waals surface area contributed by atoms with Crippen LogP contribution in [0.1, 0.15) is 64.5 Å². The monoisotopic (exact) mass is 479 g/mol. The highest BCUT2D eigenvalue weighted by molar-refractivity contribution is 6.30. The van der Waals surface area contributed by atoms with E-state index in [1.54, 1.807) is 6.08 Å². The lowest BCUT2D eigenvalue weighted by Gasteiger charge is -2.31. The zero-order chi connectivity index (χ0) is 25.3. The van der Waals surface area contributed by atoms with Crippen molar-refractivity contribution in [3.63, 3.8) is 0 Å². The molecule has 3 aromatic rings. The lowest BCUT2D eigenvalue weighted by molar-refractivity contribution is -0.162. The van der Waals surface area contributed by atoms with Gasteiger partial charge in [0, 0.05) is 10.4 Å². The number of hydrogen-bond donors (Lipinski definition) is 0. The maximum atomic E-state index is 12.6. The molecule has 0 spiro atoms. The second kappa shape index (κ2) is 9.89. The number of rotatable bonds is 6. The molecule has 1 atom stereocenters. The predicted molar refractivity (Wildman–Crippen MR) is 141 cm³/mol. The van der Waals surface area contributed by atoms with E-state index in [0.29, 0.717) is 5.02 Å². The molecule has 5 heteroatoms. The van der Waals surface area contributed by atoms with Gasteiger partial charge in [0.15, 0.2) is 0 Å². The van der Waals surface area contributed by atoms with Crippen LogP contribution in [0.4, 0.5) is 0 Å². The van der Waals surface area contributed by atoms with E-state index in [-0.39, 0.29) is 12.6 Å². The SMILES string of the molecule is C=Cc1ccc2c(-c3ccc(Cl)cc3)c([C@@H](COC(=O)C(C)(C)C)OC(C)(C)C)c(C)cc2n1. The van der Waals surface area contributed by atoms with E-state index in [1.807, 2.05) is 78.8 Å². The number of hydrogen-bond acceptors (Lipinski definition) is 4. The highest BCUT2D eigenvalue weighted by Crippen LogP contribution is 2.40. The first-order valence-corrected chi connectivity index (χ1v) is 11.9. The van der Waals surface area contributed by atoms with Crippen LogP contribution in [-0.4, -0.2) is 23.2 Å². The zero-order valence-electron chi connectivity index (χ0n) is 21.2. The van der Waals surface area contributed by atoms with Crippen LogP contribution in [0, 0.1) is 12.3 Å². The first-order chi connectivity index (χ1) is 15.8. The Kier molecular flexibility index (Phi) is 7.54. The Labute approximate surface area is 208 Å². The average molecular weight is 480 g/mol. The third-order valence-electron chi connectivity index (χ3n) is 5.40. The number of aromatic nitrogens is 1. The van der Waals surface area contributed by atoms with Crippen molar-refractivity contribution in [2.75, 3.05) is 6.61 Å². The Bertz CT molecular complexity index is 1200. The number of halogens is 1. The molecule has 0 saturated heterocycles. The molecule has 1 heterocycles. The number of esters is 1. The van der Waals surface area contributed by atoms with Gasteiger partial charge in [-0.2, -0.15) is 0 Å². The molecule has 34 heavy (non-hydrogen) atoms. The summed E-state index contributed by atoms with van der Waals surface area (Å²) < 4.78 is 12.3. The van der Waals surface area contributed by atoms with E-state index >= 15 is 0 Å². The molecule has 0 aliphatic heterocycles. The molecule has 0 radical (unpaired) electrons. The van der Waals surface area contributed by atoms with Gasteiger partial charge in [-0.15, -0.1) is 0 Å². The highest BCUT2D eigenvalue weighted by Gasteiger charge is 2.30. The molecule has 2 aromatic carbocycles. The molecular weight excluding hydrogens is 446 g/mol. The Morgan fingerprint density at radius 1 is 1.09 bits per heavy atom. The molecule has 0 bridgehead atoms. The van der Waals surface area contributed by atoms with Crippen molar-refractivity contribution in [1.82, 2.24) is 4.98 Å². The van der Waals surface area contributed by atoms with Crippen molar-refractivity contribution in [2.24, 2.45) is 5.41 Å². The van der Waals surface area contributed by atoms with Crippen molar-refractivity contribution in [3.8, 4) is 11.1 Å². The van der Waals surface area contributed by atoms with Crippen molar-refractivity contribution in [1.29, 1.82) is 0 Å². The topological polar surface area (TPSA) is 48.4 Å². The fraction of sp³-hybridized carbons (Fsp3) is 0.379. The lowest BCUT2D eigenvalue weighted by Crippen LogP contribution is -2.30. The molecule has 0 saturated carbocycles. The van der Waals surface area contributed by atoms with Crippen molar-refractivity contribution in [2.45, 2.75) is 60.2 Å². The second-order valence-corrected chi connectivity index (χ2v) is 11.0. The second-order valence-electron chi connectivity index (χ2n) is 10.6. The van der Waals surface area contributed by atoms with E-state index in [9.17, 15) is 4.79 Å². The molecule has 0 aliphatic rings. The summed E-state index contributed by atoms with van der Waals surface area (Å²) in [6.45, 7) is 17.5. The maximum absolute atomic E-state index is 12.6. The van der Waals surface area contributed by atoms with Crippen LogP contribution in [0.3, 0.4) is 0 Å². The van der Waals surface area contributed by atoms with Crippen LogP contribution in [-0.2, 0) is 14.3 Å². The molecule has 0 aliphatic carbocycles. The summed E-state index contributed by atoms with van der Waals surface area (Å²) in [4.78, 5) is 17.4. The number of carbonyl (C=O) groups is 1. The number of benzene rings is 2. The summed E-state index contributed by atoms with van der Waals surface area (Å²) in [5, 5.41) is 1.65. The van der Waals surface area contributed by atoms with Crippen LogP contribution in [0.15, 0.2) is 49.0 Å². The third-order valence-corrected chi connectivity index (χ3v) is 5.65. The van der Waals surface area contributed by atoms with Gasteiger partial charge in [-0.1, -0.05) is 36.4 Å².